The van der Waals surface area contributed by atoms with Crippen LogP contribution in [0.3, 0.4) is 0 Å². The molecule has 2 aromatic carbocycles. The molecule has 4 rings (SSSR count). The van der Waals surface area contributed by atoms with Gasteiger partial charge >= 0.3 is 0 Å². The fraction of sp³-hybridized carbons (Fsp3) is 0.391. The fourth-order valence-electron chi connectivity index (χ4n) is 4.89. The maximum absolute atomic E-state index is 13.1. The van der Waals surface area contributed by atoms with Gasteiger partial charge in [0.05, 0.1) is 16.1 Å². The van der Waals surface area contributed by atoms with E-state index in [9.17, 15) is 9.59 Å². The number of nitrogens with one attached hydrogen (secondary N) is 1. The second kappa shape index (κ2) is 8.17. The van der Waals surface area contributed by atoms with Gasteiger partial charge in [0.15, 0.2) is 0 Å². The minimum atomic E-state index is -0.619. The molecule has 2 amide bonds. The number of nitrogens with zero attached hydrogens (tertiary/aromatic N) is 1. The van der Waals surface area contributed by atoms with E-state index in [4.69, 9.17) is 17.3 Å². The van der Waals surface area contributed by atoms with Crippen molar-refractivity contribution in [2.24, 2.45) is 5.92 Å². The Hall–Kier alpha value is -2.37. The lowest BCUT2D eigenvalue weighted by atomic mass is 9.62. The molecule has 0 bridgehead atoms. The number of amides is 2. The Bertz CT molecular complexity index is 910. The van der Waals surface area contributed by atoms with E-state index in [0.717, 1.165) is 43.6 Å². The number of anilines is 1. The average Bonchev–Trinajstić information content (AvgIpc) is 2.73. The van der Waals surface area contributed by atoms with E-state index in [1.807, 2.05) is 48.5 Å². The van der Waals surface area contributed by atoms with Crippen LogP contribution >= 0.6 is 11.6 Å². The molecule has 2 saturated heterocycles. The van der Waals surface area contributed by atoms with Crippen molar-refractivity contribution in [3.05, 3.63) is 64.7 Å². The molecular formula is C23H26ClN3O2. The number of likely N-dealkylation sites (tertiary alicyclic amines) is 1. The average molecular weight is 412 g/mol. The lowest BCUT2D eigenvalue weighted by Crippen LogP contribution is -2.57. The van der Waals surface area contributed by atoms with Gasteiger partial charge in [0.25, 0.3) is 0 Å². The third kappa shape index (κ3) is 3.89. The van der Waals surface area contributed by atoms with Crippen LogP contribution in [0.1, 0.15) is 36.8 Å². The molecule has 6 heteroatoms. The highest BCUT2D eigenvalue weighted by atomic mass is 35.5. The number of hydrogen-bond donors (Lipinski definition) is 2. The second-order valence-corrected chi connectivity index (χ2v) is 8.53. The van der Waals surface area contributed by atoms with E-state index in [1.54, 1.807) is 0 Å². The third-order valence-corrected chi connectivity index (χ3v) is 6.79. The van der Waals surface area contributed by atoms with Crippen LogP contribution in [0.5, 0.6) is 0 Å². The fourth-order valence-corrected chi connectivity index (χ4v) is 5.01. The van der Waals surface area contributed by atoms with E-state index >= 15 is 0 Å². The zero-order valence-electron chi connectivity index (χ0n) is 16.4. The van der Waals surface area contributed by atoms with Gasteiger partial charge in [-0.3, -0.25) is 19.8 Å². The minimum absolute atomic E-state index is 0.135. The normalized spacial score (nSPS) is 23.8. The zero-order valence-corrected chi connectivity index (χ0v) is 17.1. The highest BCUT2D eigenvalue weighted by Crippen LogP contribution is 2.44. The summed E-state index contributed by atoms with van der Waals surface area (Å²) in [4.78, 5) is 27.3. The Morgan fingerprint density at radius 1 is 1.10 bits per heavy atom. The Balaban J connectivity index is 1.50. The summed E-state index contributed by atoms with van der Waals surface area (Å²) in [6, 6.07) is 15.7. The number of hydrogen-bond acceptors (Lipinski definition) is 4. The van der Waals surface area contributed by atoms with Crippen molar-refractivity contribution < 1.29 is 9.59 Å². The van der Waals surface area contributed by atoms with Gasteiger partial charge in [-0.05, 0) is 61.5 Å². The molecule has 5 nitrogen and oxygen atoms in total. The number of imide groups is 1. The summed E-state index contributed by atoms with van der Waals surface area (Å²) in [5.41, 5.74) is 8.08. The van der Waals surface area contributed by atoms with E-state index in [1.165, 1.54) is 0 Å². The summed E-state index contributed by atoms with van der Waals surface area (Å²) in [7, 11) is 0. The first-order valence-electron chi connectivity index (χ1n) is 10.1. The van der Waals surface area contributed by atoms with Crippen molar-refractivity contribution in [2.45, 2.75) is 37.6 Å². The van der Waals surface area contributed by atoms with Crippen LogP contribution < -0.4 is 11.1 Å². The topological polar surface area (TPSA) is 75.4 Å². The van der Waals surface area contributed by atoms with Crippen molar-refractivity contribution in [1.29, 1.82) is 0 Å². The number of piperidine rings is 2. The maximum atomic E-state index is 13.1. The van der Waals surface area contributed by atoms with Gasteiger partial charge in [-0.25, -0.2) is 0 Å². The van der Waals surface area contributed by atoms with Crippen molar-refractivity contribution in [2.75, 3.05) is 18.8 Å². The summed E-state index contributed by atoms with van der Waals surface area (Å²) in [6.45, 7) is 2.63. The predicted molar refractivity (Wildman–Crippen MR) is 114 cm³/mol. The first-order valence-corrected chi connectivity index (χ1v) is 10.5. The summed E-state index contributed by atoms with van der Waals surface area (Å²) in [5.74, 6) is -0.0901. The van der Waals surface area contributed by atoms with Crippen LogP contribution in [0, 0.1) is 5.92 Å². The van der Waals surface area contributed by atoms with Gasteiger partial charge in [0.2, 0.25) is 11.8 Å². The monoisotopic (exact) mass is 411 g/mol. The molecule has 0 aliphatic carbocycles. The number of rotatable bonds is 4. The van der Waals surface area contributed by atoms with Crippen LogP contribution in [0.15, 0.2) is 48.5 Å². The van der Waals surface area contributed by atoms with Crippen molar-refractivity contribution >= 4 is 29.1 Å². The van der Waals surface area contributed by atoms with Crippen LogP contribution in [-0.4, -0.2) is 29.8 Å². The molecule has 1 unspecified atom stereocenters. The Morgan fingerprint density at radius 2 is 1.83 bits per heavy atom. The smallest absolute Gasteiger partial charge is 0.237 e. The van der Waals surface area contributed by atoms with E-state index in [2.05, 4.69) is 10.2 Å². The van der Waals surface area contributed by atoms with Gasteiger partial charge < -0.3 is 5.73 Å². The SMILES string of the molecule is Nc1cc(CN2CCC(C3(c4ccccc4)CCC(=O)NC3=O)CC2)ccc1Cl. The number of carbonyl (C=O) groups is 2. The molecule has 2 heterocycles. The third-order valence-electron chi connectivity index (χ3n) is 6.44. The number of nitrogens with two attached hydrogens (primary N) is 1. The molecule has 3 N–H and O–H groups in total. The molecule has 2 aliphatic rings. The van der Waals surface area contributed by atoms with Crippen LogP contribution in [0.25, 0.3) is 0 Å². The Morgan fingerprint density at radius 3 is 2.48 bits per heavy atom. The molecule has 0 saturated carbocycles. The van der Waals surface area contributed by atoms with Crippen molar-refractivity contribution in [1.82, 2.24) is 10.2 Å². The van der Waals surface area contributed by atoms with E-state index in [0.29, 0.717) is 23.6 Å². The van der Waals surface area contributed by atoms with Crippen LogP contribution in [0.2, 0.25) is 5.02 Å². The number of nitrogen functional groups attached to an aromatic ring is 1. The van der Waals surface area contributed by atoms with E-state index < -0.39 is 5.41 Å². The van der Waals surface area contributed by atoms with Gasteiger partial charge in [-0.15, -0.1) is 0 Å². The molecule has 2 aromatic rings. The van der Waals surface area contributed by atoms with E-state index in [-0.39, 0.29) is 17.7 Å². The van der Waals surface area contributed by atoms with Gasteiger partial charge in [-0.2, -0.15) is 0 Å². The summed E-state index contributed by atoms with van der Waals surface area (Å²) in [5, 5.41) is 3.19. The molecule has 29 heavy (non-hydrogen) atoms. The predicted octanol–water partition coefficient (Wildman–Crippen LogP) is 3.51. The van der Waals surface area contributed by atoms with Crippen molar-refractivity contribution in [3.63, 3.8) is 0 Å². The lowest BCUT2D eigenvalue weighted by Gasteiger charge is -2.45. The molecule has 2 aliphatic heterocycles. The maximum Gasteiger partial charge on any atom is 0.237 e. The first-order chi connectivity index (χ1) is 14.0. The number of halogens is 1. The summed E-state index contributed by atoms with van der Waals surface area (Å²) in [6.07, 6.45) is 2.81. The number of benzene rings is 2. The highest BCUT2D eigenvalue weighted by Gasteiger charge is 2.50. The molecule has 0 radical (unpaired) electrons. The van der Waals surface area contributed by atoms with Crippen LogP contribution in [-0.2, 0) is 21.5 Å². The molecule has 0 aromatic heterocycles. The quantitative estimate of drug-likeness (QED) is 0.596. The van der Waals surface area contributed by atoms with Gasteiger partial charge in [0.1, 0.15) is 0 Å². The molecular weight excluding hydrogens is 386 g/mol. The molecule has 152 valence electrons. The largest absolute Gasteiger partial charge is 0.398 e. The lowest BCUT2D eigenvalue weighted by molar-refractivity contribution is -0.140. The second-order valence-electron chi connectivity index (χ2n) is 8.12. The molecule has 0 spiro atoms. The number of carbonyl (C=O) groups excluding carboxylic acids is 2. The zero-order chi connectivity index (χ0) is 20.4. The van der Waals surface area contributed by atoms with Crippen LogP contribution in [0.4, 0.5) is 5.69 Å². The summed E-state index contributed by atoms with van der Waals surface area (Å²) >= 11 is 6.03. The Labute approximate surface area is 176 Å². The minimum Gasteiger partial charge on any atom is -0.398 e. The standard InChI is InChI=1S/C23H26ClN3O2/c24-19-7-6-16(14-20(19)25)15-27-12-9-18(10-13-27)23(17-4-2-1-3-5-17)11-8-21(28)26-22(23)29/h1-7,14,18H,8-13,15,25H2,(H,26,28,29). The Kier molecular flexibility index (Phi) is 5.61. The highest BCUT2D eigenvalue weighted by molar-refractivity contribution is 6.33. The van der Waals surface area contributed by atoms with Gasteiger partial charge in [-0.1, -0.05) is 48.0 Å². The summed E-state index contributed by atoms with van der Waals surface area (Å²) < 4.78 is 0. The first kappa shape index (κ1) is 19.9. The molecule has 2 fully saturated rings. The van der Waals surface area contributed by atoms with Gasteiger partial charge in [0, 0.05) is 13.0 Å². The van der Waals surface area contributed by atoms with Crippen molar-refractivity contribution in [3.8, 4) is 0 Å². The molecule has 1 atom stereocenters.